The third kappa shape index (κ3) is 5.21. The first-order valence-electron chi connectivity index (χ1n) is 8.30. The van der Waals surface area contributed by atoms with Gasteiger partial charge < -0.3 is 14.1 Å². The average molecular weight is 343 g/mol. The summed E-state index contributed by atoms with van der Waals surface area (Å²) in [5.41, 5.74) is 1.78. The molecule has 0 unspecified atom stereocenters. The van der Waals surface area contributed by atoms with Gasteiger partial charge in [-0.25, -0.2) is 0 Å². The van der Waals surface area contributed by atoms with Gasteiger partial charge in [0.15, 0.2) is 0 Å². The van der Waals surface area contributed by atoms with Gasteiger partial charge in [-0.15, -0.1) is 0 Å². The summed E-state index contributed by atoms with van der Waals surface area (Å²) < 4.78 is 10.0. The van der Waals surface area contributed by atoms with Gasteiger partial charge in [-0.2, -0.15) is 0 Å². The van der Waals surface area contributed by atoms with Gasteiger partial charge in [0.2, 0.25) is 0 Å². The molecule has 0 fully saturated rings. The third-order valence-corrected chi connectivity index (χ3v) is 4.03. The fourth-order valence-corrected chi connectivity index (χ4v) is 2.47. The maximum Gasteiger partial charge on any atom is 0.307 e. The molecule has 0 saturated heterocycles. The zero-order chi connectivity index (χ0) is 18.4. The lowest BCUT2D eigenvalue weighted by Gasteiger charge is -2.23. The Hall–Kier alpha value is -2.56. The van der Waals surface area contributed by atoms with E-state index in [1.807, 2.05) is 24.3 Å². The maximum absolute atomic E-state index is 12.9. The van der Waals surface area contributed by atoms with E-state index in [1.54, 1.807) is 23.3 Å². The molecule has 0 saturated carbocycles. The van der Waals surface area contributed by atoms with Gasteiger partial charge in [-0.1, -0.05) is 32.9 Å². The lowest BCUT2D eigenvalue weighted by Crippen LogP contribution is -2.32. The first-order valence-corrected chi connectivity index (χ1v) is 8.30. The molecular weight excluding hydrogens is 318 g/mol. The van der Waals surface area contributed by atoms with Crippen molar-refractivity contribution in [1.82, 2.24) is 4.90 Å². The molecular formula is C20H25NO4. The summed E-state index contributed by atoms with van der Waals surface area (Å²) in [6.45, 7) is 6.97. The number of methoxy groups -OCH3 is 1. The molecule has 0 atom stereocenters. The minimum absolute atomic E-state index is 0.0281. The number of hydrogen-bond acceptors (Lipinski definition) is 4. The fourth-order valence-electron chi connectivity index (χ4n) is 2.47. The standard InChI is InChI=1S/C20H25NO4/c1-20(2,3)16-9-7-15(8-10-16)19(23)21(12-11-18(22)24-4)14-17-6-5-13-25-17/h5-10,13H,11-12,14H2,1-4H3. The van der Waals surface area contributed by atoms with Crippen LogP contribution in [0.5, 0.6) is 0 Å². The van der Waals surface area contributed by atoms with Crippen molar-refractivity contribution in [2.24, 2.45) is 0 Å². The molecule has 1 aromatic carbocycles. The minimum atomic E-state index is -0.347. The Labute approximate surface area is 148 Å². The molecule has 0 aliphatic carbocycles. The summed E-state index contributed by atoms with van der Waals surface area (Å²) in [5.74, 6) is 0.186. The van der Waals surface area contributed by atoms with Gasteiger partial charge in [0.1, 0.15) is 5.76 Å². The van der Waals surface area contributed by atoms with E-state index in [0.29, 0.717) is 17.9 Å². The second-order valence-electron chi connectivity index (χ2n) is 6.96. The van der Waals surface area contributed by atoms with Crippen molar-refractivity contribution in [2.75, 3.05) is 13.7 Å². The number of nitrogens with zero attached hydrogens (tertiary/aromatic N) is 1. The monoisotopic (exact) mass is 343 g/mol. The number of carbonyl (C=O) groups is 2. The van der Waals surface area contributed by atoms with E-state index in [1.165, 1.54) is 7.11 Å². The van der Waals surface area contributed by atoms with E-state index >= 15 is 0 Å². The highest BCUT2D eigenvalue weighted by molar-refractivity contribution is 5.94. The topological polar surface area (TPSA) is 59.8 Å². The van der Waals surface area contributed by atoms with Crippen molar-refractivity contribution < 1.29 is 18.7 Å². The van der Waals surface area contributed by atoms with E-state index in [-0.39, 0.29) is 30.3 Å². The molecule has 0 aliphatic rings. The number of hydrogen-bond donors (Lipinski definition) is 0. The number of rotatable bonds is 6. The second kappa shape index (κ2) is 8.01. The van der Waals surface area contributed by atoms with E-state index in [4.69, 9.17) is 4.42 Å². The molecule has 2 aromatic rings. The van der Waals surface area contributed by atoms with Crippen LogP contribution in [0.2, 0.25) is 0 Å². The van der Waals surface area contributed by atoms with Gasteiger partial charge in [-0.3, -0.25) is 9.59 Å². The number of esters is 1. The number of amides is 1. The summed E-state index contributed by atoms with van der Waals surface area (Å²) in [5, 5.41) is 0. The summed E-state index contributed by atoms with van der Waals surface area (Å²) >= 11 is 0. The molecule has 0 aliphatic heterocycles. The van der Waals surface area contributed by atoms with Crippen LogP contribution in [-0.4, -0.2) is 30.4 Å². The Balaban J connectivity index is 2.16. The fraction of sp³-hybridized carbons (Fsp3) is 0.400. The maximum atomic E-state index is 12.9. The van der Waals surface area contributed by atoms with Crippen LogP contribution < -0.4 is 0 Å². The highest BCUT2D eigenvalue weighted by Gasteiger charge is 2.20. The molecule has 1 heterocycles. The molecule has 1 aromatic heterocycles. The van der Waals surface area contributed by atoms with Gasteiger partial charge in [0.05, 0.1) is 26.3 Å². The van der Waals surface area contributed by atoms with Crippen molar-refractivity contribution in [3.05, 3.63) is 59.5 Å². The Kier molecular flexibility index (Phi) is 6.02. The van der Waals surface area contributed by atoms with Crippen molar-refractivity contribution in [3.8, 4) is 0 Å². The van der Waals surface area contributed by atoms with Gasteiger partial charge >= 0.3 is 5.97 Å². The minimum Gasteiger partial charge on any atom is -0.469 e. The Morgan fingerprint density at radius 2 is 1.80 bits per heavy atom. The van der Waals surface area contributed by atoms with E-state index in [0.717, 1.165) is 5.56 Å². The molecule has 0 N–H and O–H groups in total. The Bertz CT molecular complexity index is 696. The van der Waals surface area contributed by atoms with Gasteiger partial charge in [0, 0.05) is 12.1 Å². The molecule has 2 rings (SSSR count). The Morgan fingerprint density at radius 3 is 2.32 bits per heavy atom. The van der Waals surface area contributed by atoms with Gasteiger partial charge in [0.25, 0.3) is 5.91 Å². The summed E-state index contributed by atoms with van der Waals surface area (Å²) in [6.07, 6.45) is 1.71. The SMILES string of the molecule is COC(=O)CCN(Cc1ccco1)C(=O)c1ccc(C(C)(C)C)cc1. The molecule has 0 radical (unpaired) electrons. The van der Waals surface area contributed by atoms with Crippen LogP contribution in [-0.2, 0) is 21.5 Å². The zero-order valence-electron chi connectivity index (χ0n) is 15.2. The number of ether oxygens (including phenoxy) is 1. The van der Waals surface area contributed by atoms with Crippen LogP contribution in [0.4, 0.5) is 0 Å². The molecule has 5 nitrogen and oxygen atoms in total. The third-order valence-electron chi connectivity index (χ3n) is 4.03. The van der Waals surface area contributed by atoms with Crippen LogP contribution in [0.1, 0.15) is 48.9 Å². The van der Waals surface area contributed by atoms with Crippen LogP contribution in [0.25, 0.3) is 0 Å². The summed E-state index contributed by atoms with van der Waals surface area (Å²) in [6, 6.07) is 11.2. The highest BCUT2D eigenvalue weighted by Crippen LogP contribution is 2.23. The molecule has 0 spiro atoms. The van der Waals surface area contributed by atoms with Crippen molar-refractivity contribution in [2.45, 2.75) is 39.2 Å². The number of furan rings is 1. The van der Waals surface area contributed by atoms with Crippen molar-refractivity contribution in [1.29, 1.82) is 0 Å². The van der Waals surface area contributed by atoms with E-state index in [2.05, 4.69) is 25.5 Å². The van der Waals surface area contributed by atoms with Crippen LogP contribution >= 0.6 is 0 Å². The lowest BCUT2D eigenvalue weighted by molar-refractivity contribution is -0.140. The van der Waals surface area contributed by atoms with Crippen molar-refractivity contribution in [3.63, 3.8) is 0 Å². The number of benzene rings is 1. The molecule has 134 valence electrons. The molecule has 25 heavy (non-hydrogen) atoms. The molecule has 1 amide bonds. The van der Waals surface area contributed by atoms with Crippen LogP contribution in [0.15, 0.2) is 47.1 Å². The smallest absolute Gasteiger partial charge is 0.307 e. The van der Waals surface area contributed by atoms with E-state index in [9.17, 15) is 9.59 Å². The highest BCUT2D eigenvalue weighted by atomic mass is 16.5. The van der Waals surface area contributed by atoms with Crippen LogP contribution in [0, 0.1) is 0 Å². The summed E-state index contributed by atoms with van der Waals surface area (Å²) in [4.78, 5) is 25.9. The normalized spacial score (nSPS) is 11.2. The quantitative estimate of drug-likeness (QED) is 0.749. The second-order valence-corrected chi connectivity index (χ2v) is 6.96. The van der Waals surface area contributed by atoms with Crippen LogP contribution in [0.3, 0.4) is 0 Å². The zero-order valence-corrected chi connectivity index (χ0v) is 15.2. The van der Waals surface area contributed by atoms with Gasteiger partial charge in [-0.05, 0) is 35.2 Å². The predicted octanol–water partition coefficient (Wildman–Crippen LogP) is 3.78. The molecule has 5 heteroatoms. The first-order chi connectivity index (χ1) is 11.8. The van der Waals surface area contributed by atoms with E-state index < -0.39 is 0 Å². The largest absolute Gasteiger partial charge is 0.469 e. The summed E-state index contributed by atoms with van der Waals surface area (Å²) in [7, 11) is 1.34. The average Bonchev–Trinajstić information content (AvgIpc) is 3.10. The molecule has 0 bridgehead atoms. The van der Waals surface area contributed by atoms with Crippen molar-refractivity contribution >= 4 is 11.9 Å². The first kappa shape index (κ1) is 18.8. The predicted molar refractivity (Wildman–Crippen MR) is 95.2 cm³/mol. The lowest BCUT2D eigenvalue weighted by atomic mass is 9.86. The number of carbonyl (C=O) groups excluding carboxylic acids is 2. The Morgan fingerprint density at radius 1 is 1.12 bits per heavy atom.